The zero-order valence-corrected chi connectivity index (χ0v) is 11.0. The van der Waals surface area contributed by atoms with E-state index in [0.717, 1.165) is 17.7 Å². The summed E-state index contributed by atoms with van der Waals surface area (Å²) in [6, 6.07) is 8.99. The quantitative estimate of drug-likeness (QED) is 0.899. The van der Waals surface area contributed by atoms with Crippen LogP contribution in [-0.2, 0) is 16.4 Å². The number of fused-ring (bicyclic) bond motifs is 1. The second-order valence-corrected chi connectivity index (χ2v) is 6.20. The summed E-state index contributed by atoms with van der Waals surface area (Å²) < 4.78 is 26.6. The van der Waals surface area contributed by atoms with Crippen LogP contribution in [0.4, 0.5) is 11.4 Å². The van der Waals surface area contributed by atoms with Crippen LogP contribution in [0.1, 0.15) is 5.56 Å². The van der Waals surface area contributed by atoms with Gasteiger partial charge in [0.05, 0.1) is 11.4 Å². The summed E-state index contributed by atoms with van der Waals surface area (Å²) in [7, 11) is -3.64. The van der Waals surface area contributed by atoms with Crippen molar-refractivity contribution in [2.75, 3.05) is 16.6 Å². The number of hydrogen-bond donors (Lipinski definition) is 1. The fourth-order valence-electron chi connectivity index (χ4n) is 2.28. The predicted molar refractivity (Wildman–Crippen MR) is 73.3 cm³/mol. The molecule has 5 nitrogen and oxygen atoms in total. The number of sulfonamides is 1. The lowest BCUT2D eigenvalue weighted by Gasteiger charge is -2.20. The van der Waals surface area contributed by atoms with Gasteiger partial charge in [-0.3, -0.25) is 9.29 Å². The van der Waals surface area contributed by atoms with Gasteiger partial charge < -0.3 is 5.73 Å². The summed E-state index contributed by atoms with van der Waals surface area (Å²) in [5.41, 5.74) is 7.73. The van der Waals surface area contributed by atoms with E-state index < -0.39 is 10.0 Å². The molecule has 19 heavy (non-hydrogen) atoms. The highest BCUT2D eigenvalue weighted by Gasteiger charge is 2.31. The van der Waals surface area contributed by atoms with Crippen molar-refractivity contribution in [1.29, 1.82) is 0 Å². The smallest absolute Gasteiger partial charge is 0.267 e. The van der Waals surface area contributed by atoms with Crippen LogP contribution in [0.15, 0.2) is 47.6 Å². The van der Waals surface area contributed by atoms with Crippen molar-refractivity contribution in [3.63, 3.8) is 0 Å². The SMILES string of the molecule is Nc1ccncc1S(=O)(=O)N1CCc2ccccc21. The molecule has 0 saturated carbocycles. The van der Waals surface area contributed by atoms with Gasteiger partial charge in [0.25, 0.3) is 10.0 Å². The maximum absolute atomic E-state index is 12.6. The molecule has 0 radical (unpaired) electrons. The summed E-state index contributed by atoms with van der Waals surface area (Å²) in [5.74, 6) is 0. The van der Waals surface area contributed by atoms with Crippen molar-refractivity contribution in [1.82, 2.24) is 4.98 Å². The zero-order chi connectivity index (χ0) is 13.5. The molecule has 98 valence electrons. The van der Waals surface area contributed by atoms with Gasteiger partial charge in [-0.15, -0.1) is 0 Å². The van der Waals surface area contributed by atoms with E-state index in [0.29, 0.717) is 6.54 Å². The number of anilines is 2. The standard InChI is InChI=1S/C13H13N3O2S/c14-11-5-7-15-9-13(11)19(17,18)16-8-6-10-3-1-2-4-12(10)16/h1-5,7,9H,6,8H2,(H2,14,15). The van der Waals surface area contributed by atoms with Gasteiger partial charge in [-0.2, -0.15) is 0 Å². The number of hydrogen-bond acceptors (Lipinski definition) is 4. The maximum atomic E-state index is 12.6. The van der Waals surface area contributed by atoms with Gasteiger partial charge in [-0.1, -0.05) is 18.2 Å². The molecule has 3 rings (SSSR count). The Morgan fingerprint density at radius 2 is 2.00 bits per heavy atom. The van der Waals surface area contributed by atoms with E-state index in [2.05, 4.69) is 4.98 Å². The van der Waals surface area contributed by atoms with Crippen LogP contribution in [0.5, 0.6) is 0 Å². The Morgan fingerprint density at radius 3 is 2.79 bits per heavy atom. The van der Waals surface area contributed by atoms with Crippen molar-refractivity contribution in [3.05, 3.63) is 48.3 Å². The van der Waals surface area contributed by atoms with Crippen LogP contribution in [0.2, 0.25) is 0 Å². The average Bonchev–Trinajstić information content (AvgIpc) is 2.83. The predicted octanol–water partition coefficient (Wildman–Crippen LogP) is 1.42. The van der Waals surface area contributed by atoms with E-state index >= 15 is 0 Å². The van der Waals surface area contributed by atoms with Crippen molar-refractivity contribution in [2.45, 2.75) is 11.3 Å². The second kappa shape index (κ2) is 4.24. The minimum absolute atomic E-state index is 0.0618. The van der Waals surface area contributed by atoms with Crippen molar-refractivity contribution in [3.8, 4) is 0 Å². The highest BCUT2D eigenvalue weighted by Crippen LogP contribution is 2.33. The summed E-state index contributed by atoms with van der Waals surface area (Å²) in [5, 5.41) is 0. The number of nitrogens with zero attached hydrogens (tertiary/aromatic N) is 2. The Labute approximate surface area is 111 Å². The molecule has 2 aromatic rings. The van der Waals surface area contributed by atoms with Crippen LogP contribution in [0.3, 0.4) is 0 Å². The van der Waals surface area contributed by atoms with Gasteiger partial charge in [-0.05, 0) is 24.1 Å². The number of nitrogen functional groups attached to an aromatic ring is 1. The summed E-state index contributed by atoms with van der Waals surface area (Å²) in [4.78, 5) is 3.92. The van der Waals surface area contributed by atoms with Crippen LogP contribution < -0.4 is 10.0 Å². The first kappa shape index (κ1) is 12.0. The van der Waals surface area contributed by atoms with Crippen molar-refractivity contribution < 1.29 is 8.42 Å². The lowest BCUT2D eigenvalue weighted by molar-refractivity contribution is 0.592. The topological polar surface area (TPSA) is 76.3 Å². The molecular formula is C13H13N3O2S. The molecule has 0 amide bonds. The number of benzene rings is 1. The number of rotatable bonds is 2. The Bertz CT molecular complexity index is 728. The molecule has 0 bridgehead atoms. The molecule has 0 fully saturated rings. The normalized spacial score (nSPS) is 14.4. The van der Waals surface area contributed by atoms with Crippen molar-refractivity contribution >= 4 is 21.4 Å². The Morgan fingerprint density at radius 1 is 1.21 bits per heavy atom. The third-order valence-electron chi connectivity index (χ3n) is 3.23. The molecule has 0 spiro atoms. The van der Waals surface area contributed by atoms with Gasteiger partial charge in [0.1, 0.15) is 4.90 Å². The van der Waals surface area contributed by atoms with Crippen molar-refractivity contribution in [2.24, 2.45) is 0 Å². The molecule has 1 aromatic carbocycles. The van der Waals surface area contributed by atoms with E-state index in [4.69, 9.17) is 5.73 Å². The molecule has 0 aliphatic carbocycles. The Balaban J connectivity index is 2.11. The van der Waals surface area contributed by atoms with Gasteiger partial charge in [0, 0.05) is 18.9 Å². The van der Waals surface area contributed by atoms with Crippen LogP contribution in [0, 0.1) is 0 Å². The Hall–Kier alpha value is -2.08. The molecule has 2 N–H and O–H groups in total. The van der Waals surface area contributed by atoms with E-state index in [1.54, 1.807) is 0 Å². The largest absolute Gasteiger partial charge is 0.398 e. The third-order valence-corrected chi connectivity index (χ3v) is 5.09. The summed E-state index contributed by atoms with van der Waals surface area (Å²) in [6.45, 7) is 0.440. The van der Waals surface area contributed by atoms with Gasteiger partial charge in [-0.25, -0.2) is 8.42 Å². The first-order valence-electron chi connectivity index (χ1n) is 5.91. The lowest BCUT2D eigenvalue weighted by Crippen LogP contribution is -2.29. The van der Waals surface area contributed by atoms with Gasteiger partial charge in [0.2, 0.25) is 0 Å². The molecule has 2 heterocycles. The van der Waals surface area contributed by atoms with Crippen LogP contribution in [-0.4, -0.2) is 19.9 Å². The molecule has 6 heteroatoms. The minimum Gasteiger partial charge on any atom is -0.398 e. The molecule has 0 saturated heterocycles. The van der Waals surface area contributed by atoms with E-state index in [-0.39, 0.29) is 10.6 Å². The number of aromatic nitrogens is 1. The first-order valence-corrected chi connectivity index (χ1v) is 7.35. The molecule has 1 aliphatic rings. The summed E-state index contributed by atoms with van der Waals surface area (Å²) >= 11 is 0. The highest BCUT2D eigenvalue weighted by molar-refractivity contribution is 7.93. The number of pyridine rings is 1. The maximum Gasteiger partial charge on any atom is 0.267 e. The number of para-hydroxylation sites is 1. The van der Waals surface area contributed by atoms with E-state index in [1.165, 1.54) is 22.8 Å². The Kier molecular flexibility index (Phi) is 2.67. The molecule has 1 aliphatic heterocycles. The van der Waals surface area contributed by atoms with E-state index in [9.17, 15) is 8.42 Å². The molecule has 0 atom stereocenters. The van der Waals surface area contributed by atoms with Gasteiger partial charge >= 0.3 is 0 Å². The molecular weight excluding hydrogens is 262 g/mol. The monoisotopic (exact) mass is 275 g/mol. The third kappa shape index (κ3) is 1.84. The van der Waals surface area contributed by atoms with Gasteiger partial charge in [0.15, 0.2) is 0 Å². The minimum atomic E-state index is -3.64. The second-order valence-electron chi connectivity index (χ2n) is 4.37. The summed E-state index contributed by atoms with van der Waals surface area (Å²) in [6.07, 6.45) is 3.49. The fraction of sp³-hybridized carbons (Fsp3) is 0.154. The highest BCUT2D eigenvalue weighted by atomic mass is 32.2. The lowest BCUT2D eigenvalue weighted by atomic mass is 10.2. The number of nitrogens with two attached hydrogens (primary N) is 1. The molecule has 0 unspecified atom stereocenters. The first-order chi connectivity index (χ1) is 9.10. The molecule has 1 aromatic heterocycles. The van der Waals surface area contributed by atoms with Crippen LogP contribution in [0.25, 0.3) is 0 Å². The zero-order valence-electron chi connectivity index (χ0n) is 10.2. The van der Waals surface area contributed by atoms with Crippen LogP contribution >= 0.6 is 0 Å². The average molecular weight is 275 g/mol. The fourth-order valence-corrected chi connectivity index (χ4v) is 3.85. The van der Waals surface area contributed by atoms with E-state index in [1.807, 2.05) is 24.3 Å².